The number of fused-ring (bicyclic) bond motifs is 1. The predicted octanol–water partition coefficient (Wildman–Crippen LogP) is 3.78. The van der Waals surface area contributed by atoms with Gasteiger partial charge in [-0.3, -0.25) is 9.59 Å². The summed E-state index contributed by atoms with van der Waals surface area (Å²) in [6.07, 6.45) is -1.38. The van der Waals surface area contributed by atoms with Crippen LogP contribution in [0.3, 0.4) is 0 Å². The van der Waals surface area contributed by atoms with E-state index < -0.39 is 60.5 Å². The summed E-state index contributed by atoms with van der Waals surface area (Å²) in [5.41, 5.74) is 32.6. The van der Waals surface area contributed by atoms with Crippen LogP contribution >= 0.6 is 0 Å². The maximum Gasteiger partial charge on any atom is 0.337 e. The molecule has 1 aromatic heterocycles. The van der Waals surface area contributed by atoms with E-state index in [0.29, 0.717) is 71.8 Å². The second-order valence-electron chi connectivity index (χ2n) is 22.5. The fourth-order valence-electron chi connectivity index (χ4n) is 8.75. The molecule has 0 aliphatic carbocycles. The van der Waals surface area contributed by atoms with Gasteiger partial charge in [-0.15, -0.1) is 0 Å². The Hall–Kier alpha value is -11.6. The van der Waals surface area contributed by atoms with Gasteiger partial charge >= 0.3 is 17.9 Å². The normalized spacial score (nSPS) is 12.3. The molecule has 33 nitrogen and oxygen atoms in total. The number of phenolic OH excluding ortho intramolecular Hbond substituents is 11. The average Bonchev–Trinajstić information content (AvgIpc) is 1.66. The summed E-state index contributed by atoms with van der Waals surface area (Å²) in [4.78, 5) is 34.6. The van der Waals surface area contributed by atoms with Crippen molar-refractivity contribution >= 4 is 28.8 Å². The molecule has 33 heteroatoms. The number of rotatable bonds is 23. The lowest BCUT2D eigenvalue weighted by Gasteiger charge is -2.12. The smallest absolute Gasteiger partial charge is 0.337 e. The van der Waals surface area contributed by atoms with E-state index in [4.69, 9.17) is 99.1 Å². The van der Waals surface area contributed by atoms with Crippen molar-refractivity contribution in [3.05, 3.63) is 202 Å². The number of aromatic nitrogens is 1. The number of aromatic hydroxyl groups is 11. The predicted molar refractivity (Wildman–Crippen MR) is 391 cm³/mol. The topological polar surface area (TPSA) is 633 Å². The van der Waals surface area contributed by atoms with Crippen molar-refractivity contribution in [1.82, 2.24) is 15.6 Å². The number of H-pyrrole nitrogens is 1. The van der Waals surface area contributed by atoms with Crippen LogP contribution in [0.15, 0.2) is 158 Å². The number of aliphatic carboxylic acids is 3. The van der Waals surface area contributed by atoms with Crippen molar-refractivity contribution in [2.45, 2.75) is 61.9 Å². The standard InChI is InChI=1S/C11H12N2O2.C10H15NO3.C9H11NO4.2C9H13NO3.C9H10O5.C8H11NO3.C8H11NO2/c12-9(11(14)15)5-7-6-13-10-4-2-1-3-8(7)10;1-11-6-9(13)7-3-4-8(12)10(5-7)14-2;10-6(9(13)14)3-5-1-2-7(11)8(12)4-5;1-13-9-4-6(8(12)5-10)2-3-7(9)11;1-10-5-9(13)6-2-3-7(11)8(12)4-6;1-14-7-4-5(2-3-6(7)10)8(11)9(12)13;9-4-8(12)5-1-2-6(10)7(11)3-5;9-4-3-6-1-2-7(10)8(11)5-6/h1-4,6,9,13H,5,12H2,(H,14,15);3-5,9,11-13H,6H2,1-2H3;1-2,4,6,11-12H,3,10H2,(H,13,14);2-4,8,11-12H,5,10H2,1H3;2-4,9-13H,5H2,1H3;2-4,8,10-11H,1H3,(H,12,13);1-3,8,10-12H,4,9H2;1-2,5,10-11H,3-4,9H2/t;;6-;;9-;;8-;/m..0.0.0./s1. The van der Waals surface area contributed by atoms with Gasteiger partial charge in [-0.1, -0.05) is 60.7 Å². The molecule has 0 spiro atoms. The number of carboxylic acid groups (broad SMARTS) is 3. The van der Waals surface area contributed by atoms with E-state index in [-0.39, 0.29) is 94.1 Å². The number of methoxy groups -OCH3 is 3. The summed E-state index contributed by atoms with van der Waals surface area (Å²) >= 11 is 0. The van der Waals surface area contributed by atoms with Gasteiger partial charge < -0.3 is 156 Å². The Morgan fingerprint density at radius 2 is 0.745 bits per heavy atom. The van der Waals surface area contributed by atoms with E-state index in [0.717, 1.165) is 22.0 Å². The molecule has 9 aromatic rings. The zero-order valence-corrected chi connectivity index (χ0v) is 58.5. The number of hydrogen-bond acceptors (Lipinski definition) is 29. The highest BCUT2D eigenvalue weighted by molar-refractivity contribution is 5.84. The number of para-hydroxylation sites is 1. The molecule has 0 bridgehead atoms. The summed E-state index contributed by atoms with van der Waals surface area (Å²) in [5.74, 6) is -4.10. The highest BCUT2D eigenvalue weighted by atomic mass is 16.5. The molecule has 0 aliphatic heterocycles. The quantitative estimate of drug-likeness (QED) is 0.0405. The number of carbonyl (C=O) groups is 3. The third-order valence-electron chi connectivity index (χ3n) is 14.7. The number of ether oxygens (including phenoxy) is 3. The summed E-state index contributed by atoms with van der Waals surface area (Å²) in [7, 11) is 7.76. The summed E-state index contributed by atoms with van der Waals surface area (Å²) in [6.45, 7) is 1.65. The Kier molecular flexibility index (Phi) is 40.1. The summed E-state index contributed by atoms with van der Waals surface area (Å²) in [5, 5.41) is 179. The van der Waals surface area contributed by atoms with Crippen LogP contribution < -0.4 is 53.5 Å². The van der Waals surface area contributed by atoms with Gasteiger partial charge in [0.05, 0.1) is 45.7 Å². The minimum Gasteiger partial charge on any atom is -0.504 e. The van der Waals surface area contributed by atoms with Crippen LogP contribution in [0.25, 0.3) is 10.9 Å². The van der Waals surface area contributed by atoms with E-state index in [1.165, 1.54) is 112 Å². The molecule has 0 saturated carbocycles. The van der Waals surface area contributed by atoms with Crippen molar-refractivity contribution in [2.24, 2.45) is 28.7 Å². The average molecular weight is 1490 g/mol. The van der Waals surface area contributed by atoms with Crippen molar-refractivity contribution in [1.29, 1.82) is 0 Å². The fourth-order valence-corrected chi connectivity index (χ4v) is 8.75. The van der Waals surface area contributed by atoms with Gasteiger partial charge in [0.1, 0.15) is 12.1 Å². The van der Waals surface area contributed by atoms with Gasteiger partial charge in [0.25, 0.3) is 0 Å². The van der Waals surface area contributed by atoms with E-state index in [1.54, 1.807) is 50.5 Å². The molecular formula is C73H96N8O25. The number of aromatic amines is 1. The number of phenols is 11. The molecule has 7 atom stereocenters. The first kappa shape index (κ1) is 90.5. The third-order valence-corrected chi connectivity index (χ3v) is 14.7. The summed E-state index contributed by atoms with van der Waals surface area (Å²) in [6, 6.07) is 36.4. The van der Waals surface area contributed by atoms with E-state index >= 15 is 0 Å². The number of aliphatic hydroxyl groups excluding tert-OH is 5. The molecular weight excluding hydrogens is 1390 g/mol. The Morgan fingerprint density at radius 1 is 0.406 bits per heavy atom. The Morgan fingerprint density at radius 3 is 1.12 bits per heavy atom. The molecule has 32 N–H and O–H groups in total. The molecule has 0 radical (unpaired) electrons. The van der Waals surface area contributed by atoms with Crippen molar-refractivity contribution in [3.63, 3.8) is 0 Å². The molecule has 0 aliphatic rings. The molecule has 0 saturated heterocycles. The van der Waals surface area contributed by atoms with Crippen molar-refractivity contribution in [2.75, 3.05) is 68.1 Å². The Bertz CT molecular complexity index is 4150. The number of nitrogens with two attached hydrogens (primary N) is 5. The third kappa shape index (κ3) is 30.8. The molecule has 106 heavy (non-hydrogen) atoms. The summed E-state index contributed by atoms with van der Waals surface area (Å²) < 4.78 is 14.6. The largest absolute Gasteiger partial charge is 0.504 e. The lowest BCUT2D eigenvalue weighted by Crippen LogP contribution is -2.32. The maximum atomic E-state index is 10.6. The lowest BCUT2D eigenvalue weighted by atomic mass is 10.1. The Labute approximate surface area is 609 Å². The highest BCUT2D eigenvalue weighted by Gasteiger charge is 2.19. The fraction of sp³-hybridized carbons (Fsp3) is 0.274. The van der Waals surface area contributed by atoms with Gasteiger partial charge in [0, 0.05) is 49.7 Å². The van der Waals surface area contributed by atoms with Gasteiger partial charge in [-0.25, -0.2) is 4.79 Å². The molecule has 1 heterocycles. The second kappa shape index (κ2) is 46.9. The van der Waals surface area contributed by atoms with Gasteiger partial charge in [-0.2, -0.15) is 0 Å². The second-order valence-corrected chi connectivity index (χ2v) is 22.5. The van der Waals surface area contributed by atoms with Gasteiger partial charge in [-0.05, 0) is 169 Å². The maximum absolute atomic E-state index is 10.6. The zero-order chi connectivity index (χ0) is 79.9. The van der Waals surface area contributed by atoms with Crippen LogP contribution in [0.2, 0.25) is 0 Å². The number of benzene rings is 8. The number of nitrogens with one attached hydrogen (secondary N) is 3. The number of likely N-dealkylation sites (N-methyl/N-ethyl adjacent to an activating group) is 2. The number of carboxylic acids is 3. The van der Waals surface area contributed by atoms with Crippen molar-refractivity contribution < 1.29 is 126 Å². The molecule has 578 valence electrons. The molecule has 9 rings (SSSR count). The van der Waals surface area contributed by atoms with E-state index in [9.17, 15) is 55.2 Å². The minimum atomic E-state index is -1.61. The lowest BCUT2D eigenvalue weighted by molar-refractivity contribution is -0.147. The highest BCUT2D eigenvalue weighted by Crippen LogP contribution is 2.33. The first-order valence-electron chi connectivity index (χ1n) is 31.9. The molecule has 8 aromatic carbocycles. The first-order valence-corrected chi connectivity index (χ1v) is 31.9. The molecule has 0 amide bonds. The number of hydrogen-bond donors (Lipinski definition) is 27. The van der Waals surface area contributed by atoms with Crippen LogP contribution in [0.1, 0.15) is 75.0 Å². The first-order chi connectivity index (χ1) is 50.1. The molecule has 0 fully saturated rings. The zero-order valence-electron chi connectivity index (χ0n) is 58.5. The van der Waals surface area contributed by atoms with Crippen LogP contribution in [-0.4, -0.2) is 200 Å². The van der Waals surface area contributed by atoms with Crippen LogP contribution in [-0.2, 0) is 33.6 Å². The van der Waals surface area contributed by atoms with Gasteiger partial charge in [0.15, 0.2) is 86.6 Å². The monoisotopic (exact) mass is 1480 g/mol. The van der Waals surface area contributed by atoms with Crippen LogP contribution in [0, 0.1) is 0 Å². The van der Waals surface area contributed by atoms with E-state index in [1.807, 2.05) is 30.5 Å². The van der Waals surface area contributed by atoms with E-state index in [2.05, 4.69) is 15.6 Å². The van der Waals surface area contributed by atoms with Gasteiger partial charge in [0.2, 0.25) is 0 Å². The van der Waals surface area contributed by atoms with Crippen LogP contribution in [0.4, 0.5) is 0 Å². The van der Waals surface area contributed by atoms with Crippen LogP contribution in [0.5, 0.6) is 80.5 Å². The molecule has 4 unspecified atom stereocenters. The minimum absolute atomic E-state index is 0.0514. The van der Waals surface area contributed by atoms with Crippen molar-refractivity contribution in [3.8, 4) is 80.5 Å². The SMILES string of the molecule is CNCC(O)c1ccc(O)c(OC)c1.CNC[C@H](O)c1ccc(O)c(O)c1.COc1cc(C(O)C(=O)O)ccc1O.COc1cc(C(O)CN)ccc1O.NC(Cc1c[nH]c2ccccc12)C(=O)O.NCCc1ccc(O)c(O)c1.NC[C@H](O)c1ccc(O)c(O)c1.N[C@@H](Cc1ccc(O)c(O)c1)C(=O)O. The Balaban J connectivity index is 0.000000412. The number of aliphatic hydroxyl groups is 5.